The predicted octanol–water partition coefficient (Wildman–Crippen LogP) is -0.937. The summed E-state index contributed by atoms with van der Waals surface area (Å²) in [5, 5.41) is 0. The van der Waals surface area contributed by atoms with Gasteiger partial charge in [0.15, 0.2) is 18.4 Å². The summed E-state index contributed by atoms with van der Waals surface area (Å²) in [4.78, 5) is 59.2. The minimum Gasteiger partial charge on any atom is -0.463 e. The van der Waals surface area contributed by atoms with Crippen LogP contribution in [0.25, 0.3) is 0 Å². The molecule has 2 heterocycles. The van der Waals surface area contributed by atoms with E-state index in [1.165, 1.54) is 0 Å². The van der Waals surface area contributed by atoms with E-state index in [1.54, 1.807) is 0 Å². The van der Waals surface area contributed by atoms with E-state index >= 15 is 0 Å². The van der Waals surface area contributed by atoms with Gasteiger partial charge in [0, 0.05) is 37.0 Å². The lowest BCUT2D eigenvalue weighted by Crippen LogP contribution is -2.49. The monoisotopic (exact) mass is 358 g/mol. The second-order valence-corrected chi connectivity index (χ2v) is 5.04. The first-order valence-electron chi connectivity index (χ1n) is 9.07. The number of imide groups is 1. The maximum atomic E-state index is 12.0. The Morgan fingerprint density at radius 3 is 2.16 bits per heavy atom. The van der Waals surface area contributed by atoms with Crippen molar-refractivity contribution in [1.82, 2.24) is 4.90 Å². The Morgan fingerprint density at radius 1 is 1.04 bits per heavy atom. The summed E-state index contributed by atoms with van der Waals surface area (Å²) >= 11 is 0. The molecule has 10 heteroatoms. The molecule has 1 saturated heterocycles. The van der Waals surface area contributed by atoms with Crippen LogP contribution in [-0.4, -0.2) is 65.8 Å². The molecular weight excluding hydrogens is 338 g/mol. The Balaban J connectivity index is 2.32. The molecule has 0 aromatic carbocycles. The molecule has 2 rings (SSSR count). The maximum Gasteiger partial charge on any atom is 0.303 e. The quantitative estimate of drug-likeness (QED) is 0.348. The Labute approximate surface area is 146 Å². The third kappa shape index (κ3) is 4.21. The molecule has 0 saturated carbocycles. The number of hydrogen-bond acceptors (Lipinski definition) is 9. The summed E-state index contributed by atoms with van der Waals surface area (Å²) in [5.74, 6) is -4.50. The van der Waals surface area contributed by atoms with Crippen LogP contribution in [0.3, 0.4) is 0 Å². The first-order valence-corrected chi connectivity index (χ1v) is 6.95. The van der Waals surface area contributed by atoms with Crippen molar-refractivity contribution in [2.24, 2.45) is 0 Å². The molecule has 25 heavy (non-hydrogen) atoms. The van der Waals surface area contributed by atoms with Crippen LogP contribution in [0.15, 0.2) is 12.2 Å². The van der Waals surface area contributed by atoms with Gasteiger partial charge in [0.2, 0.25) is 0 Å². The van der Waals surface area contributed by atoms with Gasteiger partial charge in [-0.2, -0.15) is 0 Å². The molecule has 0 radical (unpaired) electrons. The smallest absolute Gasteiger partial charge is 0.303 e. The second-order valence-electron chi connectivity index (χ2n) is 5.04. The molecule has 4 atom stereocenters. The lowest BCUT2D eigenvalue weighted by atomic mass is 10.1. The van der Waals surface area contributed by atoms with Crippen LogP contribution in [0.5, 0.6) is 0 Å². The summed E-state index contributed by atoms with van der Waals surface area (Å²) < 4.78 is 41.5. The van der Waals surface area contributed by atoms with E-state index in [2.05, 4.69) is 0 Å². The van der Waals surface area contributed by atoms with Crippen LogP contribution in [0.1, 0.15) is 24.8 Å². The Kier molecular flexibility index (Phi) is 4.33. The molecule has 2 aliphatic heterocycles. The van der Waals surface area contributed by atoms with E-state index in [1.807, 2.05) is 0 Å². The zero-order valence-corrected chi connectivity index (χ0v) is 12.9. The first kappa shape index (κ1) is 14.6. The van der Waals surface area contributed by atoms with E-state index in [0.717, 1.165) is 12.2 Å². The maximum absolute atomic E-state index is 12.0. The van der Waals surface area contributed by atoms with Crippen molar-refractivity contribution < 1.29 is 47.0 Å². The number of ether oxygens (including phenoxy) is 4. The molecule has 0 aromatic rings. The van der Waals surface area contributed by atoms with Gasteiger partial charge in [0.1, 0.15) is 12.7 Å². The minimum absolute atomic E-state index is 0.525. The zero-order valence-electron chi connectivity index (χ0n) is 15.9. The SMILES string of the molecule is [2H]CC(=O)OC[C@H]1OC(N2C(=O)C=CC2=O)[C@H](OC(=O)C[2H])[C@@H]1OC(=O)C[2H]. The highest BCUT2D eigenvalue weighted by molar-refractivity contribution is 6.13. The molecule has 0 spiro atoms. The van der Waals surface area contributed by atoms with Gasteiger partial charge in [-0.1, -0.05) is 0 Å². The van der Waals surface area contributed by atoms with Gasteiger partial charge in [-0.3, -0.25) is 24.0 Å². The highest BCUT2D eigenvalue weighted by Gasteiger charge is 2.54. The number of rotatable bonds is 5. The fraction of sp³-hybridized carbons (Fsp3) is 0.533. The number of carbonyl (C=O) groups is 5. The van der Waals surface area contributed by atoms with Crippen LogP contribution < -0.4 is 0 Å². The molecule has 0 aliphatic carbocycles. The average molecular weight is 358 g/mol. The number of hydrogen-bond donors (Lipinski definition) is 0. The van der Waals surface area contributed by atoms with Gasteiger partial charge in [0.25, 0.3) is 11.8 Å². The van der Waals surface area contributed by atoms with Gasteiger partial charge < -0.3 is 18.9 Å². The largest absolute Gasteiger partial charge is 0.463 e. The fourth-order valence-corrected chi connectivity index (χ4v) is 2.46. The standard InChI is InChI=1S/C15H17NO9/c1-7(17)22-6-10-13(23-8(2)18)14(24-9(3)19)15(25-10)16-11(20)4-5-12(16)21/h4-5,10,13-15H,6H2,1-3H3/t10-,13-,14-,15?/m1/s1/i1D,2D,3D. The Morgan fingerprint density at radius 2 is 1.60 bits per heavy atom. The summed E-state index contributed by atoms with van der Waals surface area (Å²) in [6.45, 7) is -2.77. The first-order chi connectivity index (χ1) is 13.3. The van der Waals surface area contributed by atoms with E-state index in [0.29, 0.717) is 4.90 Å². The Hall–Kier alpha value is -2.75. The van der Waals surface area contributed by atoms with Gasteiger partial charge >= 0.3 is 17.9 Å². The molecule has 2 aliphatic rings. The van der Waals surface area contributed by atoms with Crippen molar-refractivity contribution in [2.75, 3.05) is 6.61 Å². The third-order valence-corrected chi connectivity index (χ3v) is 3.33. The van der Waals surface area contributed by atoms with Crippen molar-refractivity contribution >= 4 is 29.7 Å². The van der Waals surface area contributed by atoms with E-state index < -0.39 is 81.6 Å². The molecule has 0 N–H and O–H groups in total. The van der Waals surface area contributed by atoms with Crippen molar-refractivity contribution in [1.29, 1.82) is 0 Å². The van der Waals surface area contributed by atoms with Gasteiger partial charge in [-0.05, 0) is 0 Å². The Bertz CT molecular complexity index is 680. The lowest BCUT2D eigenvalue weighted by Gasteiger charge is -2.27. The molecular formula is C15H17NO9. The summed E-state index contributed by atoms with van der Waals surface area (Å²) in [5.41, 5.74) is 0. The molecule has 136 valence electrons. The van der Waals surface area contributed by atoms with Crippen molar-refractivity contribution in [3.63, 3.8) is 0 Å². The fourth-order valence-electron chi connectivity index (χ4n) is 2.46. The number of amides is 2. The highest BCUT2D eigenvalue weighted by Crippen LogP contribution is 2.31. The van der Waals surface area contributed by atoms with Crippen LogP contribution in [-0.2, 0) is 42.9 Å². The average Bonchev–Trinajstić information content (AvgIpc) is 3.18. The second kappa shape index (κ2) is 7.43. The van der Waals surface area contributed by atoms with Gasteiger partial charge in [-0.25, -0.2) is 4.90 Å². The van der Waals surface area contributed by atoms with Crippen LogP contribution >= 0.6 is 0 Å². The van der Waals surface area contributed by atoms with Gasteiger partial charge in [0.05, 0.1) is 0 Å². The van der Waals surface area contributed by atoms with E-state index in [4.69, 9.17) is 23.1 Å². The van der Waals surface area contributed by atoms with Crippen molar-refractivity contribution in [3.05, 3.63) is 12.2 Å². The molecule has 1 fully saturated rings. The molecule has 2 amide bonds. The van der Waals surface area contributed by atoms with Crippen molar-refractivity contribution in [3.8, 4) is 0 Å². The summed E-state index contributed by atoms with van der Waals surface area (Å²) in [7, 11) is 0. The third-order valence-electron chi connectivity index (χ3n) is 3.33. The molecule has 0 bridgehead atoms. The zero-order chi connectivity index (χ0) is 20.8. The lowest BCUT2D eigenvalue weighted by molar-refractivity contribution is -0.172. The predicted molar refractivity (Wildman–Crippen MR) is 77.4 cm³/mol. The number of esters is 3. The van der Waals surface area contributed by atoms with E-state index in [-0.39, 0.29) is 0 Å². The normalized spacial score (nSPS) is 29.8. The number of nitrogens with zero attached hydrogens (tertiary/aromatic N) is 1. The summed E-state index contributed by atoms with van der Waals surface area (Å²) in [6.07, 6.45) is -3.74. The van der Waals surface area contributed by atoms with Crippen LogP contribution in [0.4, 0.5) is 0 Å². The van der Waals surface area contributed by atoms with Crippen LogP contribution in [0, 0.1) is 0 Å². The topological polar surface area (TPSA) is 126 Å². The van der Waals surface area contributed by atoms with E-state index in [9.17, 15) is 24.0 Å². The molecule has 1 unspecified atom stereocenters. The minimum atomic E-state index is -1.51. The van der Waals surface area contributed by atoms with Gasteiger partial charge in [-0.15, -0.1) is 0 Å². The van der Waals surface area contributed by atoms with Crippen molar-refractivity contribution in [2.45, 2.75) is 45.2 Å². The van der Waals surface area contributed by atoms with Crippen LogP contribution in [0.2, 0.25) is 0 Å². The summed E-state index contributed by atoms with van der Waals surface area (Å²) in [6, 6.07) is 0. The molecule has 0 aromatic heterocycles. The molecule has 10 nitrogen and oxygen atoms in total. The number of carbonyl (C=O) groups excluding carboxylic acids is 5. The highest BCUT2D eigenvalue weighted by atomic mass is 16.7.